The van der Waals surface area contributed by atoms with Crippen LogP contribution in [0.15, 0.2) is 24.8 Å². The van der Waals surface area contributed by atoms with E-state index in [0.717, 1.165) is 32.4 Å². The lowest BCUT2D eigenvalue weighted by Gasteiger charge is -2.35. The summed E-state index contributed by atoms with van der Waals surface area (Å²) >= 11 is 0. The van der Waals surface area contributed by atoms with Crippen LogP contribution in [0.1, 0.15) is 36.3 Å². The minimum absolute atomic E-state index is 0.0485. The number of carbonyl (C=O) groups is 1. The highest BCUT2D eigenvalue weighted by Gasteiger charge is 2.28. The van der Waals surface area contributed by atoms with E-state index < -0.39 is 0 Å². The van der Waals surface area contributed by atoms with E-state index in [1.165, 1.54) is 12.7 Å². The van der Waals surface area contributed by atoms with E-state index in [-0.39, 0.29) is 11.9 Å². The molecule has 0 radical (unpaired) electrons. The number of rotatable bonds is 4. The Bertz CT molecular complexity index is 535. The summed E-state index contributed by atoms with van der Waals surface area (Å²) in [6.07, 6.45) is 9.28. The first-order valence-corrected chi connectivity index (χ1v) is 6.98. The van der Waals surface area contributed by atoms with E-state index in [9.17, 15) is 4.79 Å². The first-order valence-electron chi connectivity index (χ1n) is 6.98. The van der Waals surface area contributed by atoms with Crippen LogP contribution in [0.5, 0.6) is 0 Å². The molecule has 0 unspecified atom stereocenters. The van der Waals surface area contributed by atoms with Crippen molar-refractivity contribution in [1.82, 2.24) is 29.9 Å². The highest BCUT2D eigenvalue weighted by atomic mass is 16.2. The minimum Gasteiger partial charge on any atom is -0.333 e. The number of aromatic amines is 1. The maximum atomic E-state index is 12.4. The number of carbonyl (C=O) groups excluding carboxylic acids is 1. The predicted molar refractivity (Wildman–Crippen MR) is 71.9 cm³/mol. The quantitative estimate of drug-likeness (QED) is 0.905. The lowest BCUT2D eigenvalue weighted by Crippen LogP contribution is -2.44. The second kappa shape index (κ2) is 5.85. The highest BCUT2D eigenvalue weighted by molar-refractivity contribution is 5.90. The van der Waals surface area contributed by atoms with E-state index in [1.54, 1.807) is 6.20 Å². The molecule has 1 amide bonds. The van der Waals surface area contributed by atoms with E-state index in [2.05, 4.69) is 20.3 Å². The molecule has 20 heavy (non-hydrogen) atoms. The van der Waals surface area contributed by atoms with Gasteiger partial charge in [-0.1, -0.05) is 0 Å². The van der Waals surface area contributed by atoms with Crippen molar-refractivity contribution in [2.45, 2.75) is 38.3 Å². The van der Waals surface area contributed by atoms with Crippen molar-refractivity contribution in [3.05, 3.63) is 30.6 Å². The second-order valence-electron chi connectivity index (χ2n) is 5.04. The van der Waals surface area contributed by atoms with Gasteiger partial charge in [-0.05, 0) is 31.7 Å². The lowest BCUT2D eigenvalue weighted by atomic mass is 9.99. The molecule has 2 aromatic heterocycles. The van der Waals surface area contributed by atoms with Crippen LogP contribution < -0.4 is 0 Å². The van der Waals surface area contributed by atoms with Gasteiger partial charge in [0, 0.05) is 31.5 Å². The van der Waals surface area contributed by atoms with Gasteiger partial charge in [-0.2, -0.15) is 10.2 Å². The zero-order valence-corrected chi connectivity index (χ0v) is 11.3. The molecular weight excluding hydrogens is 256 g/mol. The van der Waals surface area contributed by atoms with Crippen molar-refractivity contribution in [3.8, 4) is 0 Å². The SMILES string of the molecule is O=C(c1ncn[nH]1)N1CCCC[C@@H]1CCn1cccn1. The Labute approximate surface area is 117 Å². The molecule has 1 N–H and O–H groups in total. The maximum Gasteiger partial charge on any atom is 0.291 e. The predicted octanol–water partition coefficient (Wildman–Crippen LogP) is 1.09. The van der Waals surface area contributed by atoms with Crippen molar-refractivity contribution in [2.75, 3.05) is 6.54 Å². The normalized spacial score (nSPS) is 19.2. The number of aromatic nitrogens is 5. The molecule has 1 aliphatic rings. The number of H-pyrrole nitrogens is 1. The van der Waals surface area contributed by atoms with Gasteiger partial charge in [-0.25, -0.2) is 4.98 Å². The molecule has 0 saturated carbocycles. The number of likely N-dealkylation sites (tertiary alicyclic amines) is 1. The summed E-state index contributed by atoms with van der Waals surface area (Å²) < 4.78 is 1.91. The third-order valence-corrected chi connectivity index (χ3v) is 3.76. The first-order chi connectivity index (χ1) is 9.84. The summed E-state index contributed by atoms with van der Waals surface area (Å²) in [7, 11) is 0. The Hall–Kier alpha value is -2.18. The van der Waals surface area contributed by atoms with Crippen LogP contribution in [0, 0.1) is 0 Å². The second-order valence-corrected chi connectivity index (χ2v) is 5.04. The summed E-state index contributed by atoms with van der Waals surface area (Å²) in [5.74, 6) is 0.281. The molecule has 1 saturated heterocycles. The third-order valence-electron chi connectivity index (χ3n) is 3.76. The van der Waals surface area contributed by atoms with Gasteiger partial charge in [-0.15, -0.1) is 0 Å². The van der Waals surface area contributed by atoms with Gasteiger partial charge in [0.25, 0.3) is 5.91 Å². The average Bonchev–Trinajstić information content (AvgIpc) is 3.18. The van der Waals surface area contributed by atoms with Crippen LogP contribution in [0.4, 0.5) is 0 Å². The van der Waals surface area contributed by atoms with Gasteiger partial charge >= 0.3 is 0 Å². The maximum absolute atomic E-state index is 12.4. The molecule has 0 aliphatic carbocycles. The molecule has 0 spiro atoms. The fraction of sp³-hybridized carbons (Fsp3) is 0.538. The largest absolute Gasteiger partial charge is 0.333 e. The van der Waals surface area contributed by atoms with Crippen molar-refractivity contribution < 1.29 is 4.79 Å². The van der Waals surface area contributed by atoms with Crippen molar-refractivity contribution in [2.24, 2.45) is 0 Å². The van der Waals surface area contributed by atoms with E-state index in [4.69, 9.17) is 0 Å². The minimum atomic E-state index is -0.0485. The van der Waals surface area contributed by atoms with E-state index in [1.807, 2.05) is 21.8 Å². The summed E-state index contributed by atoms with van der Waals surface area (Å²) in [5.41, 5.74) is 0. The zero-order chi connectivity index (χ0) is 13.8. The van der Waals surface area contributed by atoms with Crippen LogP contribution in [-0.4, -0.2) is 48.4 Å². The van der Waals surface area contributed by atoms with Crippen molar-refractivity contribution >= 4 is 5.91 Å². The van der Waals surface area contributed by atoms with Gasteiger partial charge in [0.05, 0.1) is 0 Å². The van der Waals surface area contributed by atoms with Crippen molar-refractivity contribution in [3.63, 3.8) is 0 Å². The highest BCUT2D eigenvalue weighted by Crippen LogP contribution is 2.21. The molecular formula is C13H18N6O. The summed E-state index contributed by atoms with van der Waals surface area (Å²) in [4.78, 5) is 18.3. The number of nitrogens with one attached hydrogen (secondary N) is 1. The molecule has 0 bridgehead atoms. The summed E-state index contributed by atoms with van der Waals surface area (Å²) in [5, 5.41) is 10.6. The number of aryl methyl sites for hydroxylation is 1. The van der Waals surface area contributed by atoms with E-state index >= 15 is 0 Å². The van der Waals surface area contributed by atoms with Crippen molar-refractivity contribution in [1.29, 1.82) is 0 Å². The number of nitrogens with zero attached hydrogens (tertiary/aromatic N) is 5. The third kappa shape index (κ3) is 2.71. The molecule has 1 aliphatic heterocycles. The lowest BCUT2D eigenvalue weighted by molar-refractivity contribution is 0.0582. The van der Waals surface area contributed by atoms with Crippen LogP contribution in [0.2, 0.25) is 0 Å². The molecule has 2 aromatic rings. The molecule has 7 heteroatoms. The number of piperidine rings is 1. The summed E-state index contributed by atoms with van der Waals surface area (Å²) in [6.45, 7) is 1.63. The molecule has 1 fully saturated rings. The average molecular weight is 274 g/mol. The zero-order valence-electron chi connectivity index (χ0n) is 11.3. The number of hydrogen-bond donors (Lipinski definition) is 1. The van der Waals surface area contributed by atoms with Gasteiger partial charge < -0.3 is 4.90 Å². The van der Waals surface area contributed by atoms with Crippen LogP contribution >= 0.6 is 0 Å². The standard InChI is InChI=1S/C13H18N6O/c20-13(12-14-10-15-17-12)19-8-2-1-4-11(19)5-9-18-7-3-6-16-18/h3,6-7,10-11H,1-2,4-5,8-9H2,(H,14,15,17)/t11-/m1/s1. The fourth-order valence-electron chi connectivity index (χ4n) is 2.73. The Morgan fingerprint density at radius 1 is 1.45 bits per heavy atom. The Balaban J connectivity index is 1.66. The Kier molecular flexibility index (Phi) is 3.76. The number of hydrogen-bond acceptors (Lipinski definition) is 4. The molecule has 1 atom stereocenters. The van der Waals surface area contributed by atoms with Gasteiger partial charge in [0.2, 0.25) is 5.82 Å². The topological polar surface area (TPSA) is 79.7 Å². The smallest absolute Gasteiger partial charge is 0.291 e. The molecule has 106 valence electrons. The van der Waals surface area contributed by atoms with E-state index in [0.29, 0.717) is 5.82 Å². The van der Waals surface area contributed by atoms with Crippen LogP contribution in [-0.2, 0) is 6.54 Å². The van der Waals surface area contributed by atoms with Gasteiger partial charge in [0.1, 0.15) is 6.33 Å². The Morgan fingerprint density at radius 2 is 2.40 bits per heavy atom. The first kappa shape index (κ1) is 12.8. The van der Waals surface area contributed by atoms with Gasteiger partial charge in [0.15, 0.2) is 0 Å². The van der Waals surface area contributed by atoms with Crippen LogP contribution in [0.25, 0.3) is 0 Å². The molecule has 0 aromatic carbocycles. The van der Waals surface area contributed by atoms with Gasteiger partial charge in [-0.3, -0.25) is 14.6 Å². The molecule has 7 nitrogen and oxygen atoms in total. The van der Waals surface area contributed by atoms with Crippen LogP contribution in [0.3, 0.4) is 0 Å². The number of amides is 1. The summed E-state index contributed by atoms with van der Waals surface area (Å²) in [6, 6.07) is 2.17. The molecule has 3 rings (SSSR count). The molecule has 3 heterocycles. The monoisotopic (exact) mass is 274 g/mol. The Morgan fingerprint density at radius 3 is 3.15 bits per heavy atom. The fourth-order valence-corrected chi connectivity index (χ4v) is 2.73.